The molecule has 1 aromatic heterocycles. The van der Waals surface area contributed by atoms with E-state index in [0.29, 0.717) is 17.9 Å². The van der Waals surface area contributed by atoms with Crippen LogP contribution in [0.5, 0.6) is 0 Å². The zero-order valence-electron chi connectivity index (χ0n) is 16.2. The molecule has 0 saturated carbocycles. The Morgan fingerprint density at radius 3 is 2.59 bits per heavy atom. The van der Waals surface area contributed by atoms with Gasteiger partial charge in [-0.25, -0.2) is 0 Å². The first kappa shape index (κ1) is 18.7. The molecule has 0 aliphatic carbocycles. The average molecular weight is 383 g/mol. The van der Waals surface area contributed by atoms with Gasteiger partial charge in [0, 0.05) is 19.1 Å². The Balaban J connectivity index is 1.32. The maximum atomic E-state index is 13.2. The summed E-state index contributed by atoms with van der Waals surface area (Å²) >= 11 is 1.76. The van der Waals surface area contributed by atoms with Crippen molar-refractivity contribution in [3.05, 3.63) is 58.3 Å². The number of thiophene rings is 1. The number of carbonyl (C=O) groups is 1. The highest BCUT2D eigenvalue weighted by Crippen LogP contribution is 2.35. The highest BCUT2D eigenvalue weighted by Gasteiger charge is 2.35. The second-order valence-corrected chi connectivity index (χ2v) is 8.87. The van der Waals surface area contributed by atoms with Crippen LogP contribution >= 0.6 is 11.3 Å². The summed E-state index contributed by atoms with van der Waals surface area (Å²) in [7, 11) is 0. The average Bonchev–Trinajstić information content (AvgIpc) is 3.40. The molecule has 2 atom stereocenters. The second-order valence-electron chi connectivity index (χ2n) is 8.09. The Morgan fingerprint density at radius 1 is 1.11 bits per heavy atom. The maximum absolute atomic E-state index is 13.2. The minimum atomic E-state index is -0.0110. The molecule has 1 aromatic carbocycles. The zero-order valence-corrected chi connectivity index (χ0v) is 17.0. The molecule has 4 heteroatoms. The fourth-order valence-corrected chi connectivity index (χ4v) is 5.49. The van der Waals surface area contributed by atoms with Crippen LogP contribution in [-0.4, -0.2) is 41.4 Å². The molecule has 3 nitrogen and oxygen atoms in total. The van der Waals surface area contributed by atoms with Crippen molar-refractivity contribution in [2.45, 2.75) is 51.1 Å². The van der Waals surface area contributed by atoms with Crippen LogP contribution in [0, 0.1) is 5.92 Å². The van der Waals surface area contributed by atoms with Crippen molar-refractivity contribution in [3.8, 4) is 0 Å². The third-order valence-electron chi connectivity index (χ3n) is 6.37. The van der Waals surface area contributed by atoms with E-state index in [1.807, 2.05) is 0 Å². The number of amides is 1. The summed E-state index contributed by atoms with van der Waals surface area (Å²) in [5.41, 5.74) is 2.81. The van der Waals surface area contributed by atoms with Crippen LogP contribution < -0.4 is 0 Å². The summed E-state index contributed by atoms with van der Waals surface area (Å²) in [6.07, 6.45) is 5.76. The van der Waals surface area contributed by atoms with Gasteiger partial charge in [0.2, 0.25) is 5.91 Å². The van der Waals surface area contributed by atoms with Crippen molar-refractivity contribution in [1.29, 1.82) is 0 Å². The molecule has 2 aliphatic rings. The van der Waals surface area contributed by atoms with Crippen molar-refractivity contribution in [2.24, 2.45) is 5.92 Å². The van der Waals surface area contributed by atoms with Crippen LogP contribution in [0.3, 0.4) is 0 Å². The third-order valence-corrected chi connectivity index (χ3v) is 7.07. The van der Waals surface area contributed by atoms with E-state index < -0.39 is 0 Å². The van der Waals surface area contributed by atoms with E-state index in [4.69, 9.17) is 0 Å². The van der Waals surface area contributed by atoms with Gasteiger partial charge in [-0.3, -0.25) is 9.69 Å². The Kier molecular flexibility index (Phi) is 5.94. The minimum absolute atomic E-state index is 0.0110. The van der Waals surface area contributed by atoms with Gasteiger partial charge in [-0.2, -0.15) is 11.3 Å². The summed E-state index contributed by atoms with van der Waals surface area (Å²) in [5, 5.41) is 4.39. The first-order valence-electron chi connectivity index (χ1n) is 10.3. The lowest BCUT2D eigenvalue weighted by atomic mass is 9.90. The van der Waals surface area contributed by atoms with E-state index in [-0.39, 0.29) is 6.04 Å². The quantitative estimate of drug-likeness (QED) is 0.745. The standard InChI is InChI=1S/C23H30N2OS/c1-18(25-12-5-8-22(25)21-11-15-27-17-21)23(26)24-13-9-20(10-14-24)16-19-6-3-2-4-7-19/h2-4,6-7,11,15,17-18,20,22H,5,8-10,12-14,16H2,1H3. The normalized spacial score (nSPS) is 22.9. The lowest BCUT2D eigenvalue weighted by Crippen LogP contribution is -2.49. The number of hydrogen-bond acceptors (Lipinski definition) is 3. The SMILES string of the molecule is CC(C(=O)N1CCC(Cc2ccccc2)CC1)N1CCCC1c1ccsc1. The smallest absolute Gasteiger partial charge is 0.239 e. The second kappa shape index (κ2) is 8.57. The molecule has 4 rings (SSSR count). The fourth-order valence-electron chi connectivity index (χ4n) is 4.79. The van der Waals surface area contributed by atoms with Crippen LogP contribution in [-0.2, 0) is 11.2 Å². The minimum Gasteiger partial charge on any atom is -0.341 e. The van der Waals surface area contributed by atoms with E-state index in [0.717, 1.165) is 38.9 Å². The fraction of sp³-hybridized carbons (Fsp3) is 0.522. The van der Waals surface area contributed by atoms with Gasteiger partial charge >= 0.3 is 0 Å². The number of nitrogens with zero attached hydrogens (tertiary/aromatic N) is 2. The topological polar surface area (TPSA) is 23.6 Å². The predicted molar refractivity (Wildman–Crippen MR) is 112 cm³/mol. The number of likely N-dealkylation sites (tertiary alicyclic amines) is 2. The van der Waals surface area contributed by atoms with Crippen molar-refractivity contribution in [2.75, 3.05) is 19.6 Å². The zero-order chi connectivity index (χ0) is 18.6. The number of piperidine rings is 1. The van der Waals surface area contributed by atoms with Crippen LogP contribution in [0.2, 0.25) is 0 Å². The molecule has 3 heterocycles. The van der Waals surface area contributed by atoms with Gasteiger partial charge in [0.05, 0.1) is 6.04 Å². The van der Waals surface area contributed by atoms with Gasteiger partial charge in [-0.1, -0.05) is 30.3 Å². The molecule has 2 unspecified atom stereocenters. The summed E-state index contributed by atoms with van der Waals surface area (Å²) in [6.45, 7) is 4.98. The van der Waals surface area contributed by atoms with E-state index in [1.54, 1.807) is 11.3 Å². The van der Waals surface area contributed by atoms with E-state index >= 15 is 0 Å². The van der Waals surface area contributed by atoms with E-state index in [9.17, 15) is 4.79 Å². The molecule has 27 heavy (non-hydrogen) atoms. The van der Waals surface area contributed by atoms with Crippen molar-refractivity contribution in [3.63, 3.8) is 0 Å². The number of hydrogen-bond donors (Lipinski definition) is 0. The highest BCUT2D eigenvalue weighted by atomic mass is 32.1. The first-order valence-corrected chi connectivity index (χ1v) is 11.3. The molecule has 0 radical (unpaired) electrons. The Labute approximate surface area is 167 Å². The van der Waals surface area contributed by atoms with Crippen molar-refractivity contribution in [1.82, 2.24) is 9.80 Å². The number of carbonyl (C=O) groups excluding carboxylic acids is 1. The molecular formula is C23H30N2OS. The lowest BCUT2D eigenvalue weighted by molar-refractivity contribution is -0.138. The molecule has 2 aliphatic heterocycles. The van der Waals surface area contributed by atoms with Gasteiger partial charge in [-0.05, 0) is 79.4 Å². The monoisotopic (exact) mass is 382 g/mol. The number of benzene rings is 1. The summed E-state index contributed by atoms with van der Waals surface area (Å²) in [4.78, 5) is 17.7. The summed E-state index contributed by atoms with van der Waals surface area (Å²) in [6, 6.07) is 13.4. The third kappa shape index (κ3) is 4.27. The van der Waals surface area contributed by atoms with Gasteiger partial charge in [0.25, 0.3) is 0 Å². The van der Waals surface area contributed by atoms with E-state index in [2.05, 4.69) is 63.9 Å². The molecule has 2 fully saturated rings. The highest BCUT2D eigenvalue weighted by molar-refractivity contribution is 7.07. The van der Waals surface area contributed by atoms with Crippen molar-refractivity contribution < 1.29 is 4.79 Å². The number of rotatable bonds is 5. The lowest BCUT2D eigenvalue weighted by Gasteiger charge is -2.37. The molecule has 2 saturated heterocycles. The van der Waals surface area contributed by atoms with Crippen LogP contribution in [0.15, 0.2) is 47.2 Å². The predicted octanol–water partition coefficient (Wildman–Crippen LogP) is 4.75. The van der Waals surface area contributed by atoms with Crippen molar-refractivity contribution >= 4 is 17.2 Å². The van der Waals surface area contributed by atoms with Crippen LogP contribution in [0.1, 0.15) is 49.8 Å². The maximum Gasteiger partial charge on any atom is 0.239 e. The van der Waals surface area contributed by atoms with E-state index in [1.165, 1.54) is 24.0 Å². The summed E-state index contributed by atoms with van der Waals surface area (Å²) < 4.78 is 0. The Morgan fingerprint density at radius 2 is 1.89 bits per heavy atom. The molecule has 2 aromatic rings. The summed E-state index contributed by atoms with van der Waals surface area (Å²) in [5.74, 6) is 1.03. The molecule has 1 amide bonds. The van der Waals surface area contributed by atoms with Gasteiger partial charge < -0.3 is 4.90 Å². The molecule has 0 spiro atoms. The Bertz CT molecular complexity index is 722. The largest absolute Gasteiger partial charge is 0.341 e. The van der Waals surface area contributed by atoms with Crippen LogP contribution in [0.4, 0.5) is 0 Å². The van der Waals surface area contributed by atoms with Crippen LogP contribution in [0.25, 0.3) is 0 Å². The van der Waals surface area contributed by atoms with Gasteiger partial charge in [0.1, 0.15) is 0 Å². The molecular weight excluding hydrogens is 352 g/mol. The molecule has 144 valence electrons. The molecule has 0 bridgehead atoms. The Hall–Kier alpha value is -1.65. The van der Waals surface area contributed by atoms with Gasteiger partial charge in [-0.15, -0.1) is 0 Å². The molecule has 0 N–H and O–H groups in total. The first-order chi connectivity index (χ1) is 13.2. The van der Waals surface area contributed by atoms with Gasteiger partial charge in [0.15, 0.2) is 0 Å².